The van der Waals surface area contributed by atoms with Crippen molar-refractivity contribution in [2.24, 2.45) is 4.99 Å². The normalized spacial score (nSPS) is 12.5. The van der Waals surface area contributed by atoms with E-state index in [1.165, 1.54) is 11.3 Å². The number of hydrogen-bond acceptors (Lipinski definition) is 5. The Kier molecular flexibility index (Phi) is 5.48. The van der Waals surface area contributed by atoms with E-state index in [2.05, 4.69) is 17.4 Å². The molecule has 0 fully saturated rings. The lowest BCUT2D eigenvalue weighted by atomic mass is 10.1. The molecule has 30 heavy (non-hydrogen) atoms. The molecule has 0 aliphatic carbocycles. The van der Waals surface area contributed by atoms with Crippen molar-refractivity contribution >= 4 is 63.3 Å². The van der Waals surface area contributed by atoms with Gasteiger partial charge in [0, 0.05) is 25.8 Å². The van der Waals surface area contributed by atoms with Gasteiger partial charge in [-0.15, -0.1) is 22.7 Å². The zero-order valence-electron chi connectivity index (χ0n) is 15.6. The Morgan fingerprint density at radius 1 is 1.00 bits per heavy atom. The minimum absolute atomic E-state index is 0.103. The van der Waals surface area contributed by atoms with Gasteiger partial charge in [-0.2, -0.15) is 0 Å². The molecule has 0 bridgehead atoms. The van der Waals surface area contributed by atoms with Gasteiger partial charge in [0.1, 0.15) is 0 Å². The molecule has 2 aromatic carbocycles. The molecule has 0 spiro atoms. The average Bonchev–Trinajstić information content (AvgIpc) is 3.40. The summed E-state index contributed by atoms with van der Waals surface area (Å²) in [5, 5.41) is 4.99. The van der Waals surface area contributed by atoms with Crippen LogP contribution >= 0.6 is 46.0 Å². The number of carbonyl (C=O) groups excluding carboxylic acids is 1. The first-order chi connectivity index (χ1) is 14.7. The SMILES string of the molecule is O=C(NCc1cccs1)c1ccc2c(c1)N=C(c1ccc(Cl)s1)c1ccccc1S2. The number of hydrogen-bond donors (Lipinski definition) is 1. The van der Waals surface area contributed by atoms with Crippen LogP contribution in [0.15, 0.2) is 86.9 Å². The fourth-order valence-corrected chi connectivity index (χ4v) is 5.89. The number of carbonyl (C=O) groups is 1. The number of benzene rings is 2. The molecule has 148 valence electrons. The zero-order chi connectivity index (χ0) is 20.5. The van der Waals surface area contributed by atoms with Crippen LogP contribution in [0.2, 0.25) is 4.34 Å². The van der Waals surface area contributed by atoms with Crippen molar-refractivity contribution in [3.63, 3.8) is 0 Å². The maximum absolute atomic E-state index is 12.7. The van der Waals surface area contributed by atoms with Gasteiger partial charge in [0.05, 0.1) is 27.2 Å². The Hall–Kier alpha value is -2.38. The quantitative estimate of drug-likeness (QED) is 0.309. The zero-order valence-corrected chi connectivity index (χ0v) is 18.8. The van der Waals surface area contributed by atoms with Crippen LogP contribution in [0.25, 0.3) is 0 Å². The van der Waals surface area contributed by atoms with Crippen molar-refractivity contribution in [2.75, 3.05) is 0 Å². The Balaban J connectivity index is 1.53. The highest BCUT2D eigenvalue weighted by atomic mass is 35.5. The van der Waals surface area contributed by atoms with Crippen molar-refractivity contribution in [3.8, 4) is 0 Å². The number of rotatable bonds is 4. The highest BCUT2D eigenvalue weighted by Gasteiger charge is 2.21. The van der Waals surface area contributed by atoms with Gasteiger partial charge in [0.2, 0.25) is 0 Å². The molecule has 1 amide bonds. The maximum atomic E-state index is 12.7. The van der Waals surface area contributed by atoms with Crippen molar-refractivity contribution in [1.82, 2.24) is 5.32 Å². The Morgan fingerprint density at radius 3 is 2.70 bits per heavy atom. The fourth-order valence-electron chi connectivity index (χ4n) is 3.19. The molecule has 0 atom stereocenters. The second kappa shape index (κ2) is 8.40. The molecule has 1 aliphatic heterocycles. The molecule has 0 saturated heterocycles. The minimum atomic E-state index is -0.103. The van der Waals surface area contributed by atoms with E-state index in [9.17, 15) is 4.79 Å². The lowest BCUT2D eigenvalue weighted by Gasteiger charge is -2.07. The van der Waals surface area contributed by atoms with E-state index in [0.29, 0.717) is 12.1 Å². The molecule has 3 nitrogen and oxygen atoms in total. The number of thiophene rings is 2. The summed E-state index contributed by atoms with van der Waals surface area (Å²) in [7, 11) is 0. The van der Waals surface area contributed by atoms with Gasteiger partial charge < -0.3 is 5.32 Å². The van der Waals surface area contributed by atoms with Gasteiger partial charge in [-0.25, -0.2) is 4.99 Å². The van der Waals surface area contributed by atoms with E-state index in [1.54, 1.807) is 23.1 Å². The lowest BCUT2D eigenvalue weighted by molar-refractivity contribution is 0.0951. The van der Waals surface area contributed by atoms with Gasteiger partial charge in [0.25, 0.3) is 5.91 Å². The number of aliphatic imine (C=N–C) groups is 1. The third kappa shape index (κ3) is 3.96. The second-order valence-corrected chi connectivity index (χ2v) is 10.4. The highest BCUT2D eigenvalue weighted by Crippen LogP contribution is 2.42. The van der Waals surface area contributed by atoms with E-state index >= 15 is 0 Å². The summed E-state index contributed by atoms with van der Waals surface area (Å²) in [6.07, 6.45) is 0. The lowest BCUT2D eigenvalue weighted by Crippen LogP contribution is -2.22. The first-order valence-electron chi connectivity index (χ1n) is 9.24. The maximum Gasteiger partial charge on any atom is 0.251 e. The Morgan fingerprint density at radius 2 is 1.90 bits per heavy atom. The summed E-state index contributed by atoms with van der Waals surface area (Å²) in [5.41, 5.74) is 3.34. The minimum Gasteiger partial charge on any atom is -0.347 e. The standard InChI is InChI=1S/C23H15ClN2OS3/c24-21-10-9-20(30-21)22-16-5-1-2-6-18(16)29-19-8-7-14(12-17(19)26-22)23(27)25-13-15-4-3-11-28-15/h1-12H,13H2,(H,25,27). The molecule has 5 rings (SSSR count). The van der Waals surface area contributed by atoms with Crippen LogP contribution in [-0.2, 0) is 6.54 Å². The molecule has 1 aliphatic rings. The van der Waals surface area contributed by atoms with Crippen LogP contribution in [0.3, 0.4) is 0 Å². The van der Waals surface area contributed by atoms with Crippen LogP contribution in [0.5, 0.6) is 0 Å². The molecule has 4 aromatic rings. The predicted molar refractivity (Wildman–Crippen MR) is 127 cm³/mol. The van der Waals surface area contributed by atoms with Crippen molar-refractivity contribution in [2.45, 2.75) is 16.3 Å². The largest absolute Gasteiger partial charge is 0.347 e. The topological polar surface area (TPSA) is 41.5 Å². The first-order valence-corrected chi connectivity index (χ1v) is 12.1. The van der Waals surface area contributed by atoms with Crippen LogP contribution in [0.4, 0.5) is 5.69 Å². The number of halogens is 1. The van der Waals surface area contributed by atoms with Crippen molar-refractivity contribution in [1.29, 1.82) is 0 Å². The van der Waals surface area contributed by atoms with Crippen molar-refractivity contribution in [3.05, 3.63) is 97.3 Å². The average molecular weight is 467 g/mol. The summed E-state index contributed by atoms with van der Waals surface area (Å²) in [6, 6.07) is 21.8. The predicted octanol–water partition coefficient (Wildman–Crippen LogP) is 7.03. The molecular formula is C23H15ClN2OS3. The number of amides is 1. The number of nitrogens with zero attached hydrogens (tertiary/aromatic N) is 1. The molecular weight excluding hydrogens is 452 g/mol. The summed E-state index contributed by atoms with van der Waals surface area (Å²) in [4.78, 5) is 22.0. The molecule has 7 heteroatoms. The van der Waals surface area contributed by atoms with Gasteiger partial charge >= 0.3 is 0 Å². The van der Waals surface area contributed by atoms with E-state index in [-0.39, 0.29) is 5.91 Å². The Labute approximate surface area is 191 Å². The summed E-state index contributed by atoms with van der Waals surface area (Å²) >= 11 is 11.0. The smallest absolute Gasteiger partial charge is 0.251 e. The molecule has 0 unspecified atom stereocenters. The van der Waals surface area contributed by atoms with Crippen LogP contribution < -0.4 is 5.32 Å². The van der Waals surface area contributed by atoms with E-state index < -0.39 is 0 Å². The second-order valence-electron chi connectivity index (χ2n) is 6.61. The molecule has 0 saturated carbocycles. The Bertz CT molecular complexity index is 1260. The molecule has 1 N–H and O–H groups in total. The monoisotopic (exact) mass is 466 g/mol. The van der Waals surface area contributed by atoms with E-state index in [4.69, 9.17) is 16.6 Å². The fraction of sp³-hybridized carbons (Fsp3) is 0.0435. The summed E-state index contributed by atoms with van der Waals surface area (Å²) in [5.74, 6) is -0.103. The number of fused-ring (bicyclic) bond motifs is 2. The van der Waals surface area contributed by atoms with Gasteiger partial charge in [-0.1, -0.05) is 47.6 Å². The van der Waals surface area contributed by atoms with Crippen molar-refractivity contribution < 1.29 is 4.79 Å². The third-order valence-corrected chi connectivity index (χ3v) is 7.88. The van der Waals surface area contributed by atoms with Gasteiger partial charge in [0.15, 0.2) is 0 Å². The first kappa shape index (κ1) is 19.6. The van der Waals surface area contributed by atoms with Gasteiger partial charge in [-0.05, 0) is 47.8 Å². The van der Waals surface area contributed by atoms with Gasteiger partial charge in [-0.3, -0.25) is 4.79 Å². The number of nitrogens with one attached hydrogen (secondary N) is 1. The third-order valence-electron chi connectivity index (χ3n) is 4.63. The molecule has 0 radical (unpaired) electrons. The van der Waals surface area contributed by atoms with Crippen LogP contribution in [0, 0.1) is 0 Å². The molecule has 3 heterocycles. The van der Waals surface area contributed by atoms with E-state index in [0.717, 1.165) is 40.8 Å². The highest BCUT2D eigenvalue weighted by molar-refractivity contribution is 7.99. The summed E-state index contributed by atoms with van der Waals surface area (Å²) in [6.45, 7) is 0.524. The van der Waals surface area contributed by atoms with Crippen LogP contribution in [0.1, 0.15) is 25.7 Å². The summed E-state index contributed by atoms with van der Waals surface area (Å²) < 4.78 is 0.726. The molecule has 2 aromatic heterocycles. The van der Waals surface area contributed by atoms with Crippen LogP contribution in [-0.4, -0.2) is 11.6 Å². The van der Waals surface area contributed by atoms with E-state index in [1.807, 2.05) is 60.0 Å².